The molecule has 0 unspecified atom stereocenters. The summed E-state index contributed by atoms with van der Waals surface area (Å²) in [5.74, 6) is 1.04. The first-order valence-electron chi connectivity index (χ1n) is 9.90. The summed E-state index contributed by atoms with van der Waals surface area (Å²) in [4.78, 5) is 22.2. The average molecular weight is 464 g/mol. The number of carbonyl (C=O) groups is 1. The predicted octanol–water partition coefficient (Wildman–Crippen LogP) is 4.95. The maximum Gasteiger partial charge on any atom is 0.260 e. The number of methoxy groups -OCH3 is 2. The van der Waals surface area contributed by atoms with Crippen LogP contribution in [0.25, 0.3) is 10.2 Å². The van der Waals surface area contributed by atoms with Crippen LogP contribution in [0.3, 0.4) is 0 Å². The van der Waals surface area contributed by atoms with Gasteiger partial charge in [-0.25, -0.2) is 4.98 Å². The number of halogens is 1. The van der Waals surface area contributed by atoms with E-state index in [2.05, 4.69) is 30.9 Å². The molecule has 8 heteroatoms. The van der Waals surface area contributed by atoms with Gasteiger partial charge in [-0.15, -0.1) is 12.4 Å². The van der Waals surface area contributed by atoms with Gasteiger partial charge in [0.25, 0.3) is 5.91 Å². The van der Waals surface area contributed by atoms with Crippen molar-refractivity contribution in [3.05, 3.63) is 47.0 Å². The third-order valence-electron chi connectivity index (χ3n) is 4.90. The van der Waals surface area contributed by atoms with Gasteiger partial charge >= 0.3 is 0 Å². The number of hydrogen-bond donors (Lipinski definition) is 0. The van der Waals surface area contributed by atoms with Crippen molar-refractivity contribution in [1.82, 2.24) is 9.88 Å². The number of rotatable bonds is 8. The van der Waals surface area contributed by atoms with Gasteiger partial charge in [-0.2, -0.15) is 0 Å². The summed E-state index contributed by atoms with van der Waals surface area (Å²) in [5.41, 5.74) is 3.83. The molecule has 0 radical (unpaired) electrons. The Bertz CT molecular complexity index is 1050. The maximum atomic E-state index is 13.5. The van der Waals surface area contributed by atoms with Crippen molar-refractivity contribution in [3.63, 3.8) is 0 Å². The lowest BCUT2D eigenvalue weighted by Gasteiger charge is -2.21. The predicted molar refractivity (Wildman–Crippen MR) is 131 cm³/mol. The molecule has 31 heavy (non-hydrogen) atoms. The van der Waals surface area contributed by atoms with Crippen LogP contribution in [0, 0.1) is 13.8 Å². The molecule has 0 bridgehead atoms. The van der Waals surface area contributed by atoms with E-state index >= 15 is 0 Å². The van der Waals surface area contributed by atoms with Crippen LogP contribution in [0.2, 0.25) is 0 Å². The molecular formula is C23H30ClN3O3S. The van der Waals surface area contributed by atoms with Crippen LogP contribution in [0.15, 0.2) is 30.3 Å². The van der Waals surface area contributed by atoms with E-state index < -0.39 is 0 Å². The zero-order valence-corrected chi connectivity index (χ0v) is 20.5. The van der Waals surface area contributed by atoms with Gasteiger partial charge in [0.05, 0.1) is 24.4 Å². The molecule has 0 aliphatic heterocycles. The molecule has 0 fully saturated rings. The summed E-state index contributed by atoms with van der Waals surface area (Å²) >= 11 is 1.56. The number of aromatic nitrogens is 1. The van der Waals surface area contributed by atoms with E-state index in [1.807, 2.05) is 14.1 Å². The van der Waals surface area contributed by atoms with E-state index in [1.165, 1.54) is 11.1 Å². The molecule has 2 aromatic carbocycles. The zero-order valence-electron chi connectivity index (χ0n) is 18.9. The minimum absolute atomic E-state index is 0. The van der Waals surface area contributed by atoms with Gasteiger partial charge in [0.15, 0.2) is 16.6 Å². The van der Waals surface area contributed by atoms with Crippen molar-refractivity contribution in [2.24, 2.45) is 0 Å². The zero-order chi connectivity index (χ0) is 21.8. The Balaban J connectivity index is 0.00000341. The van der Waals surface area contributed by atoms with Gasteiger partial charge in [0.1, 0.15) is 0 Å². The first-order valence-corrected chi connectivity index (χ1v) is 10.7. The molecule has 1 heterocycles. The number of fused-ring (bicyclic) bond motifs is 1. The van der Waals surface area contributed by atoms with Gasteiger partial charge in [-0.05, 0) is 76.3 Å². The number of carbonyl (C=O) groups excluding carboxylic acids is 1. The van der Waals surface area contributed by atoms with Gasteiger partial charge in [-0.3, -0.25) is 9.69 Å². The number of hydrogen-bond acceptors (Lipinski definition) is 6. The molecule has 0 aliphatic rings. The summed E-state index contributed by atoms with van der Waals surface area (Å²) in [6.45, 7) is 5.63. The van der Waals surface area contributed by atoms with E-state index in [0.717, 1.165) is 28.3 Å². The quantitative estimate of drug-likeness (QED) is 0.473. The van der Waals surface area contributed by atoms with Gasteiger partial charge in [0, 0.05) is 12.1 Å². The second kappa shape index (κ2) is 10.8. The monoisotopic (exact) mass is 463 g/mol. The Labute approximate surface area is 194 Å². The third-order valence-corrected chi connectivity index (χ3v) is 6.13. The second-order valence-corrected chi connectivity index (χ2v) is 8.59. The van der Waals surface area contributed by atoms with E-state index in [-0.39, 0.29) is 18.3 Å². The first kappa shape index (κ1) is 24.9. The highest BCUT2D eigenvalue weighted by molar-refractivity contribution is 7.22. The molecule has 0 spiro atoms. The van der Waals surface area contributed by atoms with Crippen molar-refractivity contribution >= 4 is 45.0 Å². The highest BCUT2D eigenvalue weighted by atomic mass is 35.5. The summed E-state index contributed by atoms with van der Waals surface area (Å²) in [7, 11) is 7.21. The molecule has 0 saturated heterocycles. The number of nitrogens with zero attached hydrogens (tertiary/aromatic N) is 3. The lowest BCUT2D eigenvalue weighted by atomic mass is 10.1. The van der Waals surface area contributed by atoms with Gasteiger partial charge in [0.2, 0.25) is 0 Å². The molecule has 0 N–H and O–H groups in total. The lowest BCUT2D eigenvalue weighted by molar-refractivity contribution is 0.0985. The van der Waals surface area contributed by atoms with Crippen molar-refractivity contribution in [3.8, 4) is 11.5 Å². The Morgan fingerprint density at radius 3 is 2.39 bits per heavy atom. The van der Waals surface area contributed by atoms with Crippen molar-refractivity contribution < 1.29 is 14.3 Å². The van der Waals surface area contributed by atoms with E-state index in [9.17, 15) is 4.79 Å². The average Bonchev–Trinajstić information content (AvgIpc) is 3.14. The Hall–Kier alpha value is -2.35. The number of amides is 1. The summed E-state index contributed by atoms with van der Waals surface area (Å²) in [6, 6.07) is 9.47. The van der Waals surface area contributed by atoms with Crippen molar-refractivity contribution in [2.75, 3.05) is 46.3 Å². The number of benzene rings is 2. The minimum atomic E-state index is -0.0943. The van der Waals surface area contributed by atoms with Gasteiger partial charge in [-0.1, -0.05) is 17.4 Å². The Morgan fingerprint density at radius 1 is 1.03 bits per heavy atom. The van der Waals surface area contributed by atoms with Crippen LogP contribution >= 0.6 is 23.7 Å². The van der Waals surface area contributed by atoms with Crippen LogP contribution in [-0.4, -0.2) is 57.2 Å². The molecular weight excluding hydrogens is 434 g/mol. The number of thiazole rings is 1. The molecule has 168 valence electrons. The van der Waals surface area contributed by atoms with Crippen LogP contribution < -0.4 is 14.4 Å². The highest BCUT2D eigenvalue weighted by Gasteiger charge is 2.23. The number of anilines is 1. The van der Waals surface area contributed by atoms with E-state index in [4.69, 9.17) is 14.5 Å². The Kier molecular flexibility index (Phi) is 8.68. The minimum Gasteiger partial charge on any atom is -0.493 e. The number of ether oxygens (including phenoxy) is 2. The standard InChI is InChI=1S/C23H29N3O3S.ClH/c1-15-12-16(2)21-18(13-15)24-23(30-21)26(11-7-10-25(3)4)22(27)17-8-9-19(28-5)20(14-17)29-6;/h8-9,12-14H,7,10-11H2,1-6H3;1H. The summed E-state index contributed by atoms with van der Waals surface area (Å²) in [6.07, 6.45) is 0.847. The van der Waals surface area contributed by atoms with E-state index in [1.54, 1.807) is 48.7 Å². The molecule has 0 atom stereocenters. The van der Waals surface area contributed by atoms with Crippen molar-refractivity contribution in [2.45, 2.75) is 20.3 Å². The molecule has 3 rings (SSSR count). The van der Waals surface area contributed by atoms with Crippen LogP contribution in [-0.2, 0) is 0 Å². The Morgan fingerprint density at radius 2 is 1.74 bits per heavy atom. The topological polar surface area (TPSA) is 54.9 Å². The molecule has 1 aromatic heterocycles. The third kappa shape index (κ3) is 5.67. The normalized spacial score (nSPS) is 10.8. The largest absolute Gasteiger partial charge is 0.493 e. The molecule has 1 amide bonds. The van der Waals surface area contributed by atoms with Crippen LogP contribution in [0.1, 0.15) is 27.9 Å². The fourth-order valence-electron chi connectivity index (χ4n) is 3.43. The molecule has 0 saturated carbocycles. The van der Waals surface area contributed by atoms with Crippen LogP contribution in [0.4, 0.5) is 5.13 Å². The van der Waals surface area contributed by atoms with Gasteiger partial charge < -0.3 is 14.4 Å². The van der Waals surface area contributed by atoms with Crippen molar-refractivity contribution in [1.29, 1.82) is 0 Å². The lowest BCUT2D eigenvalue weighted by Crippen LogP contribution is -2.33. The fraction of sp³-hybridized carbons (Fsp3) is 0.391. The fourth-order valence-corrected chi connectivity index (χ4v) is 4.47. The highest BCUT2D eigenvalue weighted by Crippen LogP contribution is 2.34. The SMILES string of the molecule is COc1ccc(C(=O)N(CCCN(C)C)c2nc3cc(C)cc(C)c3s2)cc1OC.Cl. The second-order valence-electron chi connectivity index (χ2n) is 7.61. The summed E-state index contributed by atoms with van der Waals surface area (Å²) in [5, 5.41) is 0.720. The van der Waals surface area contributed by atoms with Crippen LogP contribution in [0.5, 0.6) is 11.5 Å². The molecule has 3 aromatic rings. The maximum absolute atomic E-state index is 13.5. The first-order chi connectivity index (χ1) is 14.3. The van der Waals surface area contributed by atoms with E-state index in [0.29, 0.717) is 23.6 Å². The summed E-state index contributed by atoms with van der Waals surface area (Å²) < 4.78 is 11.8. The molecule has 0 aliphatic carbocycles. The molecule has 6 nitrogen and oxygen atoms in total. The smallest absolute Gasteiger partial charge is 0.260 e. The number of aryl methyl sites for hydroxylation is 2.